The van der Waals surface area contributed by atoms with Crippen molar-refractivity contribution in [2.75, 3.05) is 13.1 Å². The maximum Gasteiger partial charge on any atom is 0.407 e. The molecule has 0 unspecified atom stereocenters. The highest BCUT2D eigenvalue weighted by molar-refractivity contribution is 5.68. The number of likely N-dealkylation sites (tertiary alicyclic amines) is 1. The predicted octanol–water partition coefficient (Wildman–Crippen LogP) is 3.67. The third-order valence-electron chi connectivity index (χ3n) is 4.48. The minimum absolute atomic E-state index is 0.123. The highest BCUT2D eigenvalue weighted by Gasteiger charge is 2.33. The number of nitrogens with one attached hydrogen (secondary N) is 1. The number of hydrogen-bond acceptors (Lipinski definition) is 3. The zero-order valence-electron chi connectivity index (χ0n) is 15.0. The summed E-state index contributed by atoms with van der Waals surface area (Å²) >= 11 is 0. The molecule has 1 amide bonds. The number of nitrogens with zero attached hydrogens (tertiary/aromatic N) is 1. The largest absolute Gasteiger partial charge is 0.444 e. The Bertz CT molecular complexity index is 510. The Morgan fingerprint density at radius 2 is 1.87 bits per heavy atom. The van der Waals surface area contributed by atoms with Crippen LogP contribution in [-0.4, -0.2) is 35.7 Å². The second kappa shape index (κ2) is 7.35. The predicted molar refractivity (Wildman–Crippen MR) is 93.2 cm³/mol. The van der Waals surface area contributed by atoms with Crippen LogP contribution in [0.5, 0.6) is 0 Å². The van der Waals surface area contributed by atoms with Crippen molar-refractivity contribution in [3.8, 4) is 0 Å². The molecule has 1 heterocycles. The van der Waals surface area contributed by atoms with E-state index in [9.17, 15) is 4.79 Å². The number of alkyl carbamates (subject to hydrolysis) is 1. The van der Waals surface area contributed by atoms with Gasteiger partial charge in [0.25, 0.3) is 0 Å². The fourth-order valence-corrected chi connectivity index (χ4v) is 3.10. The first-order valence-electron chi connectivity index (χ1n) is 8.50. The minimum Gasteiger partial charge on any atom is -0.444 e. The summed E-state index contributed by atoms with van der Waals surface area (Å²) in [7, 11) is 0. The Hall–Kier alpha value is -1.55. The number of piperidine rings is 1. The summed E-state index contributed by atoms with van der Waals surface area (Å²) in [5, 5.41) is 3.07. The van der Waals surface area contributed by atoms with Gasteiger partial charge in [-0.05, 0) is 38.2 Å². The molecule has 1 aliphatic heterocycles. The normalized spacial score (nSPS) is 25.9. The Kier molecular flexibility index (Phi) is 5.69. The molecule has 3 atom stereocenters. The number of amides is 1. The Balaban J connectivity index is 1.97. The molecule has 0 saturated carbocycles. The molecular weight excluding hydrogens is 288 g/mol. The van der Waals surface area contributed by atoms with E-state index in [-0.39, 0.29) is 12.1 Å². The first-order chi connectivity index (χ1) is 10.7. The van der Waals surface area contributed by atoms with Crippen LogP contribution in [0.1, 0.15) is 40.2 Å². The van der Waals surface area contributed by atoms with Crippen LogP contribution in [-0.2, 0) is 11.3 Å². The molecule has 0 aromatic heterocycles. The molecule has 128 valence electrons. The Morgan fingerprint density at radius 3 is 2.48 bits per heavy atom. The molecule has 4 heteroatoms. The van der Waals surface area contributed by atoms with Crippen molar-refractivity contribution in [1.29, 1.82) is 0 Å². The van der Waals surface area contributed by atoms with Gasteiger partial charge in [0, 0.05) is 25.7 Å². The number of benzene rings is 1. The summed E-state index contributed by atoms with van der Waals surface area (Å²) in [5.41, 5.74) is 0.849. The third kappa shape index (κ3) is 5.54. The summed E-state index contributed by atoms with van der Waals surface area (Å²) in [5.74, 6) is 0.974. The number of hydrogen-bond donors (Lipinski definition) is 1. The number of carbonyl (C=O) groups excluding carboxylic acids is 1. The SMILES string of the molecule is C[C@H]1[C@@H](NC(=O)OC(C)(C)C)CN(Cc2ccccc2)C[C@@H]1C. The van der Waals surface area contributed by atoms with Crippen molar-refractivity contribution in [3.05, 3.63) is 35.9 Å². The van der Waals surface area contributed by atoms with Gasteiger partial charge < -0.3 is 10.1 Å². The molecule has 1 fully saturated rings. The molecule has 1 saturated heterocycles. The maximum atomic E-state index is 12.1. The van der Waals surface area contributed by atoms with E-state index >= 15 is 0 Å². The molecule has 0 radical (unpaired) electrons. The molecule has 2 rings (SSSR count). The van der Waals surface area contributed by atoms with E-state index in [1.165, 1.54) is 5.56 Å². The van der Waals surface area contributed by atoms with Crippen LogP contribution in [0.3, 0.4) is 0 Å². The van der Waals surface area contributed by atoms with E-state index in [1.807, 2.05) is 26.8 Å². The third-order valence-corrected chi connectivity index (χ3v) is 4.48. The van der Waals surface area contributed by atoms with Crippen molar-refractivity contribution in [2.45, 2.75) is 52.8 Å². The van der Waals surface area contributed by atoms with Crippen molar-refractivity contribution >= 4 is 6.09 Å². The molecule has 0 aliphatic carbocycles. The lowest BCUT2D eigenvalue weighted by Gasteiger charge is -2.41. The van der Waals surface area contributed by atoms with Crippen LogP contribution in [0, 0.1) is 11.8 Å². The summed E-state index contributed by atoms with van der Waals surface area (Å²) < 4.78 is 5.41. The van der Waals surface area contributed by atoms with E-state index in [0.29, 0.717) is 11.8 Å². The molecule has 1 aliphatic rings. The topological polar surface area (TPSA) is 41.6 Å². The summed E-state index contributed by atoms with van der Waals surface area (Å²) in [6, 6.07) is 10.6. The van der Waals surface area contributed by atoms with E-state index in [4.69, 9.17) is 4.74 Å². The number of rotatable bonds is 3. The Labute approximate surface area is 140 Å². The van der Waals surface area contributed by atoms with Gasteiger partial charge in [-0.1, -0.05) is 44.2 Å². The summed E-state index contributed by atoms with van der Waals surface area (Å²) in [4.78, 5) is 14.5. The van der Waals surface area contributed by atoms with Gasteiger partial charge in [0.1, 0.15) is 5.60 Å². The molecular formula is C19H30N2O2. The van der Waals surface area contributed by atoms with Gasteiger partial charge in [0.15, 0.2) is 0 Å². The molecule has 1 aromatic carbocycles. The average molecular weight is 318 g/mol. The second-order valence-corrected chi connectivity index (χ2v) is 7.77. The van der Waals surface area contributed by atoms with Crippen LogP contribution in [0.4, 0.5) is 4.79 Å². The van der Waals surface area contributed by atoms with Gasteiger partial charge in [-0.3, -0.25) is 4.90 Å². The maximum absolute atomic E-state index is 12.1. The van der Waals surface area contributed by atoms with Crippen LogP contribution < -0.4 is 5.32 Å². The molecule has 0 spiro atoms. The van der Waals surface area contributed by atoms with Crippen LogP contribution >= 0.6 is 0 Å². The van der Waals surface area contributed by atoms with Crippen molar-refractivity contribution in [1.82, 2.24) is 10.2 Å². The minimum atomic E-state index is -0.461. The lowest BCUT2D eigenvalue weighted by molar-refractivity contribution is 0.0376. The van der Waals surface area contributed by atoms with Crippen molar-refractivity contribution in [2.24, 2.45) is 11.8 Å². The van der Waals surface area contributed by atoms with Gasteiger partial charge in [-0.2, -0.15) is 0 Å². The highest BCUT2D eigenvalue weighted by Crippen LogP contribution is 2.25. The lowest BCUT2D eigenvalue weighted by atomic mass is 9.84. The zero-order valence-corrected chi connectivity index (χ0v) is 15.0. The number of ether oxygens (including phenoxy) is 1. The quantitative estimate of drug-likeness (QED) is 0.924. The molecule has 1 aromatic rings. The van der Waals surface area contributed by atoms with Crippen LogP contribution in [0.15, 0.2) is 30.3 Å². The molecule has 4 nitrogen and oxygen atoms in total. The van der Waals surface area contributed by atoms with E-state index < -0.39 is 5.60 Å². The van der Waals surface area contributed by atoms with Gasteiger partial charge in [0.05, 0.1) is 0 Å². The van der Waals surface area contributed by atoms with Crippen LogP contribution in [0.2, 0.25) is 0 Å². The smallest absolute Gasteiger partial charge is 0.407 e. The van der Waals surface area contributed by atoms with Crippen molar-refractivity contribution in [3.63, 3.8) is 0 Å². The first-order valence-corrected chi connectivity index (χ1v) is 8.50. The van der Waals surface area contributed by atoms with Gasteiger partial charge in [-0.25, -0.2) is 4.79 Å². The molecule has 1 N–H and O–H groups in total. The van der Waals surface area contributed by atoms with E-state index in [0.717, 1.165) is 19.6 Å². The van der Waals surface area contributed by atoms with Crippen LogP contribution in [0.25, 0.3) is 0 Å². The summed E-state index contributed by atoms with van der Waals surface area (Å²) in [6.45, 7) is 13.0. The number of carbonyl (C=O) groups is 1. The summed E-state index contributed by atoms with van der Waals surface area (Å²) in [6.07, 6.45) is -0.317. The second-order valence-electron chi connectivity index (χ2n) is 7.77. The van der Waals surface area contributed by atoms with Gasteiger partial charge >= 0.3 is 6.09 Å². The average Bonchev–Trinajstić information content (AvgIpc) is 2.43. The zero-order chi connectivity index (χ0) is 17.0. The highest BCUT2D eigenvalue weighted by atomic mass is 16.6. The molecule has 23 heavy (non-hydrogen) atoms. The molecule has 0 bridgehead atoms. The standard InChI is InChI=1S/C19H30N2O2/c1-14-11-21(12-16-9-7-6-8-10-16)13-17(15(14)2)20-18(22)23-19(3,4)5/h6-10,14-15,17H,11-13H2,1-5H3,(H,20,22)/t14-,15+,17-/m0/s1. The monoisotopic (exact) mass is 318 g/mol. The van der Waals surface area contributed by atoms with Crippen molar-refractivity contribution < 1.29 is 9.53 Å². The van der Waals surface area contributed by atoms with E-state index in [2.05, 4.69) is 48.3 Å². The first kappa shape index (κ1) is 17.8. The Morgan fingerprint density at radius 1 is 1.22 bits per heavy atom. The fraction of sp³-hybridized carbons (Fsp3) is 0.632. The van der Waals surface area contributed by atoms with E-state index in [1.54, 1.807) is 0 Å². The fourth-order valence-electron chi connectivity index (χ4n) is 3.10. The van der Waals surface area contributed by atoms with Gasteiger partial charge in [-0.15, -0.1) is 0 Å². The van der Waals surface area contributed by atoms with Gasteiger partial charge in [0.2, 0.25) is 0 Å². The lowest BCUT2D eigenvalue weighted by Crippen LogP contribution is -2.55.